The van der Waals surface area contributed by atoms with Crippen LogP contribution in [0.25, 0.3) is 0 Å². The Labute approximate surface area is 142 Å². The third kappa shape index (κ3) is 3.85. The Kier molecular flexibility index (Phi) is 4.32. The first-order valence-electron chi connectivity index (χ1n) is 8.56. The van der Waals surface area contributed by atoms with Crippen molar-refractivity contribution in [3.05, 3.63) is 59.9 Å². The molecule has 5 heteroatoms. The average Bonchev–Trinajstić information content (AvgIpc) is 3.34. The summed E-state index contributed by atoms with van der Waals surface area (Å²) in [5.74, 6) is 1.86. The van der Waals surface area contributed by atoms with Gasteiger partial charge < -0.3 is 15.4 Å². The molecule has 0 radical (unpaired) electrons. The van der Waals surface area contributed by atoms with Gasteiger partial charge in [-0.2, -0.15) is 0 Å². The maximum absolute atomic E-state index is 5.98. The van der Waals surface area contributed by atoms with Gasteiger partial charge in [-0.1, -0.05) is 24.3 Å². The lowest BCUT2D eigenvalue weighted by atomic mass is 10.1. The minimum absolute atomic E-state index is 0.156. The Hall–Kier alpha value is -2.56. The van der Waals surface area contributed by atoms with E-state index in [9.17, 15) is 0 Å². The van der Waals surface area contributed by atoms with E-state index in [1.54, 1.807) is 6.20 Å². The van der Waals surface area contributed by atoms with E-state index < -0.39 is 0 Å². The fourth-order valence-electron chi connectivity index (χ4n) is 2.80. The van der Waals surface area contributed by atoms with Crippen molar-refractivity contribution < 1.29 is 4.74 Å². The zero-order valence-electron chi connectivity index (χ0n) is 13.6. The number of aliphatic imine (C=N–C) groups is 1. The number of guanidine groups is 1. The Balaban J connectivity index is 1.34. The number of benzene rings is 1. The molecule has 24 heavy (non-hydrogen) atoms. The molecule has 1 aliphatic heterocycles. The largest absolute Gasteiger partial charge is 0.488 e. The first-order chi connectivity index (χ1) is 11.9. The highest BCUT2D eigenvalue weighted by molar-refractivity contribution is 5.80. The van der Waals surface area contributed by atoms with Crippen LogP contribution < -0.4 is 15.4 Å². The summed E-state index contributed by atoms with van der Waals surface area (Å²) in [5, 5.41) is 6.89. The molecule has 0 bridgehead atoms. The van der Waals surface area contributed by atoms with Crippen LogP contribution in [0.4, 0.5) is 0 Å². The van der Waals surface area contributed by atoms with Crippen molar-refractivity contribution in [3.63, 3.8) is 0 Å². The second kappa shape index (κ2) is 6.91. The lowest BCUT2D eigenvalue weighted by Crippen LogP contribution is -2.43. The topological polar surface area (TPSA) is 58.5 Å². The van der Waals surface area contributed by atoms with Crippen LogP contribution in [0.15, 0.2) is 53.7 Å². The van der Waals surface area contributed by atoms with Gasteiger partial charge in [0.15, 0.2) is 5.96 Å². The lowest BCUT2D eigenvalue weighted by molar-refractivity contribution is 0.235. The highest BCUT2D eigenvalue weighted by Crippen LogP contribution is 2.27. The summed E-state index contributed by atoms with van der Waals surface area (Å²) < 4.78 is 5.98. The van der Waals surface area contributed by atoms with Gasteiger partial charge in [-0.3, -0.25) is 4.98 Å². The van der Waals surface area contributed by atoms with E-state index in [2.05, 4.69) is 32.7 Å². The minimum atomic E-state index is 0.156. The molecule has 0 saturated heterocycles. The smallest absolute Gasteiger partial charge is 0.191 e. The number of rotatable bonds is 5. The number of ether oxygens (including phenoxy) is 1. The molecule has 1 saturated carbocycles. The van der Waals surface area contributed by atoms with Crippen molar-refractivity contribution in [2.75, 3.05) is 6.54 Å². The second-order valence-corrected chi connectivity index (χ2v) is 6.34. The van der Waals surface area contributed by atoms with Gasteiger partial charge in [-0.15, -0.1) is 0 Å². The van der Waals surface area contributed by atoms with Crippen LogP contribution in [-0.2, 0) is 13.0 Å². The number of nitrogens with one attached hydrogen (secondary N) is 2. The molecule has 1 aromatic heterocycles. The Morgan fingerprint density at radius 2 is 2.04 bits per heavy atom. The molecule has 1 fully saturated rings. The lowest BCUT2D eigenvalue weighted by Gasteiger charge is -2.15. The first kappa shape index (κ1) is 15.0. The molecule has 2 aromatic rings. The summed E-state index contributed by atoms with van der Waals surface area (Å²) in [7, 11) is 0. The Bertz CT molecular complexity index is 687. The molecule has 2 N–H and O–H groups in total. The summed E-state index contributed by atoms with van der Waals surface area (Å²) in [6.07, 6.45) is 5.34. The molecule has 4 rings (SSSR count). The SMILES string of the molecule is c1ccc(CN=C(NCC2Cc3ccccc3O2)NC2CC2)nc1. The maximum atomic E-state index is 5.98. The molecular weight excluding hydrogens is 300 g/mol. The van der Waals surface area contributed by atoms with Gasteiger partial charge in [-0.25, -0.2) is 4.99 Å². The number of aromatic nitrogens is 1. The molecule has 2 heterocycles. The normalized spacial score (nSPS) is 19.5. The van der Waals surface area contributed by atoms with Gasteiger partial charge >= 0.3 is 0 Å². The standard InChI is InChI=1S/C19H22N4O/c1-2-7-18-14(5-1)11-17(24-18)13-22-19(23-15-8-9-15)21-12-16-6-3-4-10-20-16/h1-7,10,15,17H,8-9,11-13H2,(H2,21,22,23). The van der Waals surface area contributed by atoms with Gasteiger partial charge in [0.1, 0.15) is 11.9 Å². The molecule has 1 aromatic carbocycles. The van der Waals surface area contributed by atoms with Gasteiger partial charge in [-0.05, 0) is 36.6 Å². The summed E-state index contributed by atoms with van der Waals surface area (Å²) in [5.41, 5.74) is 2.25. The summed E-state index contributed by atoms with van der Waals surface area (Å²) in [6, 6.07) is 14.7. The molecule has 5 nitrogen and oxygen atoms in total. The van der Waals surface area contributed by atoms with Crippen molar-refractivity contribution in [2.24, 2.45) is 4.99 Å². The Morgan fingerprint density at radius 1 is 1.17 bits per heavy atom. The van der Waals surface area contributed by atoms with Crippen LogP contribution in [0.5, 0.6) is 5.75 Å². The van der Waals surface area contributed by atoms with Crippen molar-refractivity contribution in [3.8, 4) is 5.75 Å². The molecule has 1 aliphatic carbocycles. The zero-order chi connectivity index (χ0) is 16.2. The van der Waals surface area contributed by atoms with Crippen molar-refractivity contribution in [1.29, 1.82) is 0 Å². The van der Waals surface area contributed by atoms with E-state index in [0.29, 0.717) is 12.6 Å². The first-order valence-corrected chi connectivity index (χ1v) is 8.56. The average molecular weight is 322 g/mol. The highest BCUT2D eigenvalue weighted by Gasteiger charge is 2.25. The highest BCUT2D eigenvalue weighted by atomic mass is 16.5. The molecular formula is C19H22N4O. The predicted octanol–water partition coefficient (Wildman–Crippen LogP) is 2.28. The van der Waals surface area contributed by atoms with Gasteiger partial charge in [0.25, 0.3) is 0 Å². The van der Waals surface area contributed by atoms with Crippen molar-refractivity contribution in [2.45, 2.75) is 38.0 Å². The van der Waals surface area contributed by atoms with E-state index in [-0.39, 0.29) is 6.10 Å². The van der Waals surface area contributed by atoms with Crippen LogP contribution in [0.2, 0.25) is 0 Å². The van der Waals surface area contributed by atoms with Crippen LogP contribution in [0.3, 0.4) is 0 Å². The van der Waals surface area contributed by atoms with E-state index in [0.717, 1.165) is 30.4 Å². The molecule has 124 valence electrons. The number of pyridine rings is 1. The van der Waals surface area contributed by atoms with E-state index in [1.807, 2.05) is 30.3 Å². The maximum Gasteiger partial charge on any atom is 0.191 e. The molecule has 0 amide bonds. The summed E-state index contributed by atoms with van der Waals surface area (Å²) in [6.45, 7) is 1.32. The van der Waals surface area contributed by atoms with E-state index >= 15 is 0 Å². The van der Waals surface area contributed by atoms with Gasteiger partial charge in [0, 0.05) is 18.7 Å². The van der Waals surface area contributed by atoms with E-state index in [1.165, 1.54) is 18.4 Å². The van der Waals surface area contributed by atoms with Crippen LogP contribution in [-0.4, -0.2) is 29.6 Å². The number of hydrogen-bond donors (Lipinski definition) is 2. The van der Waals surface area contributed by atoms with Crippen LogP contribution in [0, 0.1) is 0 Å². The monoisotopic (exact) mass is 322 g/mol. The van der Waals surface area contributed by atoms with Crippen LogP contribution in [0.1, 0.15) is 24.1 Å². The van der Waals surface area contributed by atoms with Gasteiger partial charge in [0.2, 0.25) is 0 Å². The quantitative estimate of drug-likeness (QED) is 0.655. The third-order valence-corrected chi connectivity index (χ3v) is 4.25. The van der Waals surface area contributed by atoms with E-state index in [4.69, 9.17) is 4.74 Å². The predicted molar refractivity (Wildman–Crippen MR) is 94.1 cm³/mol. The fourth-order valence-corrected chi connectivity index (χ4v) is 2.80. The van der Waals surface area contributed by atoms with Crippen LogP contribution >= 0.6 is 0 Å². The zero-order valence-corrected chi connectivity index (χ0v) is 13.6. The second-order valence-electron chi connectivity index (χ2n) is 6.34. The van der Waals surface area contributed by atoms with Crippen molar-refractivity contribution in [1.82, 2.24) is 15.6 Å². The van der Waals surface area contributed by atoms with Crippen molar-refractivity contribution >= 4 is 5.96 Å². The number of para-hydroxylation sites is 1. The summed E-state index contributed by atoms with van der Waals surface area (Å²) in [4.78, 5) is 8.98. The molecule has 2 aliphatic rings. The number of nitrogens with zero attached hydrogens (tertiary/aromatic N) is 2. The Morgan fingerprint density at radius 3 is 2.83 bits per heavy atom. The number of hydrogen-bond acceptors (Lipinski definition) is 3. The number of fused-ring (bicyclic) bond motifs is 1. The molecule has 1 unspecified atom stereocenters. The molecule has 0 spiro atoms. The third-order valence-electron chi connectivity index (χ3n) is 4.25. The molecule has 1 atom stereocenters. The summed E-state index contributed by atoms with van der Waals surface area (Å²) >= 11 is 0. The minimum Gasteiger partial charge on any atom is -0.488 e. The fraction of sp³-hybridized carbons (Fsp3) is 0.368. The van der Waals surface area contributed by atoms with Gasteiger partial charge in [0.05, 0.1) is 18.8 Å².